The number of sulfonamides is 1. The molecule has 9 heteroatoms. The fourth-order valence-corrected chi connectivity index (χ4v) is 3.54. The van der Waals surface area contributed by atoms with Gasteiger partial charge in [-0.15, -0.1) is 24.0 Å². The average Bonchev–Trinajstić information content (AvgIpc) is 2.82. The Balaban J connectivity index is 0.00000242. The second kappa shape index (κ2) is 8.65. The maximum atomic E-state index is 11.0. The van der Waals surface area contributed by atoms with E-state index in [0.29, 0.717) is 18.5 Å². The first kappa shape index (κ1) is 19.9. The number of likely N-dealkylation sites (tertiary alicyclic amines) is 1. The van der Waals surface area contributed by atoms with Crippen LogP contribution in [0.1, 0.15) is 19.3 Å². The molecular formula is C13H27IN4O3S. The summed E-state index contributed by atoms with van der Waals surface area (Å²) >= 11 is 0. The van der Waals surface area contributed by atoms with Gasteiger partial charge in [0.15, 0.2) is 5.96 Å². The maximum absolute atomic E-state index is 11.0. The van der Waals surface area contributed by atoms with E-state index in [1.807, 2.05) is 0 Å². The summed E-state index contributed by atoms with van der Waals surface area (Å²) in [6, 6.07) is 0. The monoisotopic (exact) mass is 446 g/mol. The van der Waals surface area contributed by atoms with Crippen LogP contribution in [0.15, 0.2) is 4.99 Å². The lowest BCUT2D eigenvalue weighted by Gasteiger charge is -2.33. The molecule has 0 saturated carbocycles. The number of nitrogens with one attached hydrogen (secondary N) is 2. The summed E-state index contributed by atoms with van der Waals surface area (Å²) in [6.45, 7) is 4.63. The van der Waals surface area contributed by atoms with Crippen LogP contribution in [-0.2, 0) is 14.8 Å². The molecule has 22 heavy (non-hydrogen) atoms. The number of ether oxygens (including phenoxy) is 1. The molecule has 0 radical (unpaired) electrons. The second-order valence-electron chi connectivity index (χ2n) is 5.92. The Labute approximate surface area is 150 Å². The molecule has 0 atom stereocenters. The van der Waals surface area contributed by atoms with Crippen LogP contribution in [0.3, 0.4) is 0 Å². The molecule has 2 rings (SSSR count). The number of hydrogen-bond donors (Lipinski definition) is 2. The van der Waals surface area contributed by atoms with Gasteiger partial charge >= 0.3 is 0 Å². The van der Waals surface area contributed by atoms with Crippen LogP contribution < -0.4 is 10.0 Å². The third-order valence-corrected chi connectivity index (χ3v) is 5.00. The van der Waals surface area contributed by atoms with Crippen molar-refractivity contribution in [3.05, 3.63) is 0 Å². The van der Waals surface area contributed by atoms with E-state index in [4.69, 9.17) is 4.74 Å². The van der Waals surface area contributed by atoms with E-state index in [1.165, 1.54) is 6.42 Å². The lowest BCUT2D eigenvalue weighted by atomic mass is 9.80. The summed E-state index contributed by atoms with van der Waals surface area (Å²) in [5.41, 5.74) is 0.376. The summed E-state index contributed by atoms with van der Waals surface area (Å²) in [5, 5.41) is 3.22. The van der Waals surface area contributed by atoms with E-state index in [9.17, 15) is 8.42 Å². The van der Waals surface area contributed by atoms with Crippen LogP contribution in [0.5, 0.6) is 0 Å². The minimum Gasteiger partial charge on any atom is -0.381 e. The Morgan fingerprint density at radius 2 is 1.95 bits per heavy atom. The molecule has 2 N–H and O–H groups in total. The molecule has 0 unspecified atom stereocenters. The molecule has 130 valence electrons. The molecule has 0 amide bonds. The fourth-order valence-electron chi connectivity index (χ4n) is 3.07. The fraction of sp³-hybridized carbons (Fsp3) is 0.923. The van der Waals surface area contributed by atoms with Crippen LogP contribution in [-0.4, -0.2) is 72.0 Å². The van der Waals surface area contributed by atoms with Crippen molar-refractivity contribution in [3.63, 3.8) is 0 Å². The third kappa shape index (κ3) is 5.82. The van der Waals surface area contributed by atoms with Crippen molar-refractivity contribution in [1.82, 2.24) is 14.9 Å². The van der Waals surface area contributed by atoms with Crippen molar-refractivity contribution in [2.75, 3.05) is 52.7 Å². The molecule has 7 nitrogen and oxygen atoms in total. The molecule has 0 aromatic rings. The van der Waals surface area contributed by atoms with Crippen molar-refractivity contribution < 1.29 is 13.2 Å². The number of aliphatic imine (C=N–C) groups is 1. The van der Waals surface area contributed by atoms with Crippen molar-refractivity contribution >= 4 is 40.0 Å². The zero-order valence-corrected chi connectivity index (χ0v) is 16.4. The molecule has 0 bridgehead atoms. The topological polar surface area (TPSA) is 83.0 Å². The van der Waals surface area contributed by atoms with Crippen LogP contribution in [0.25, 0.3) is 0 Å². The molecule has 0 aliphatic carbocycles. The van der Waals surface area contributed by atoms with E-state index in [1.54, 1.807) is 7.05 Å². The standard InChI is InChI=1S/C13H26N4O3S.HI/c1-14-12(15-6-7-16-21(2,18)19)17-8-3-13(11-17)4-9-20-10-5-13;/h16H,3-11H2,1-2H3,(H,14,15);1H. The highest BCUT2D eigenvalue weighted by molar-refractivity contribution is 14.0. The van der Waals surface area contributed by atoms with E-state index in [2.05, 4.69) is 19.9 Å². The zero-order valence-electron chi connectivity index (χ0n) is 13.3. The van der Waals surface area contributed by atoms with Crippen molar-refractivity contribution in [1.29, 1.82) is 0 Å². The summed E-state index contributed by atoms with van der Waals surface area (Å²) < 4.78 is 30.0. The number of nitrogens with zero attached hydrogens (tertiary/aromatic N) is 2. The van der Waals surface area contributed by atoms with Gasteiger partial charge in [0, 0.05) is 46.4 Å². The number of halogens is 1. The Morgan fingerprint density at radius 1 is 1.27 bits per heavy atom. The quantitative estimate of drug-likeness (QED) is 0.280. The Kier molecular flexibility index (Phi) is 7.83. The molecule has 1 spiro atoms. The highest BCUT2D eigenvalue weighted by Gasteiger charge is 2.40. The summed E-state index contributed by atoms with van der Waals surface area (Å²) in [7, 11) is -1.36. The zero-order chi connectivity index (χ0) is 15.3. The van der Waals surface area contributed by atoms with Gasteiger partial charge < -0.3 is 15.0 Å². The lowest BCUT2D eigenvalue weighted by molar-refractivity contribution is 0.0218. The van der Waals surface area contributed by atoms with Gasteiger partial charge in [0.1, 0.15) is 0 Å². The van der Waals surface area contributed by atoms with Crippen LogP contribution >= 0.6 is 24.0 Å². The number of rotatable bonds is 4. The SMILES string of the molecule is CN=C(NCCNS(C)(=O)=O)N1CCC2(CCOCC2)C1.I. The van der Waals surface area contributed by atoms with Crippen LogP contribution in [0.4, 0.5) is 0 Å². The average molecular weight is 446 g/mol. The molecule has 0 aromatic carbocycles. The van der Waals surface area contributed by atoms with Gasteiger partial charge in [0.25, 0.3) is 0 Å². The van der Waals surface area contributed by atoms with E-state index in [0.717, 1.165) is 51.4 Å². The van der Waals surface area contributed by atoms with Gasteiger partial charge in [-0.1, -0.05) is 0 Å². The molecular weight excluding hydrogens is 419 g/mol. The third-order valence-electron chi connectivity index (χ3n) is 4.28. The largest absolute Gasteiger partial charge is 0.381 e. The van der Waals surface area contributed by atoms with Gasteiger partial charge in [-0.3, -0.25) is 4.99 Å². The van der Waals surface area contributed by atoms with Gasteiger partial charge in [0.05, 0.1) is 6.26 Å². The first-order valence-electron chi connectivity index (χ1n) is 7.42. The second-order valence-corrected chi connectivity index (χ2v) is 7.76. The smallest absolute Gasteiger partial charge is 0.208 e. The summed E-state index contributed by atoms with van der Waals surface area (Å²) in [6.07, 6.45) is 4.59. The van der Waals surface area contributed by atoms with E-state index >= 15 is 0 Å². The predicted octanol–water partition coefficient (Wildman–Crippen LogP) is 0.232. The van der Waals surface area contributed by atoms with Gasteiger partial charge in [0.2, 0.25) is 10.0 Å². The molecule has 2 aliphatic rings. The highest BCUT2D eigenvalue weighted by atomic mass is 127. The minimum absolute atomic E-state index is 0. The summed E-state index contributed by atoms with van der Waals surface area (Å²) in [4.78, 5) is 6.57. The van der Waals surface area contributed by atoms with Crippen molar-refractivity contribution in [3.8, 4) is 0 Å². The van der Waals surface area contributed by atoms with Crippen LogP contribution in [0.2, 0.25) is 0 Å². The summed E-state index contributed by atoms with van der Waals surface area (Å²) in [5.74, 6) is 0.855. The lowest BCUT2D eigenvalue weighted by Crippen LogP contribution is -2.44. The predicted molar refractivity (Wildman–Crippen MR) is 98.3 cm³/mol. The van der Waals surface area contributed by atoms with Crippen molar-refractivity contribution in [2.45, 2.75) is 19.3 Å². The molecule has 2 heterocycles. The normalized spacial score (nSPS) is 21.7. The number of hydrogen-bond acceptors (Lipinski definition) is 4. The Hall–Kier alpha value is -0.130. The van der Waals surface area contributed by atoms with E-state index in [-0.39, 0.29) is 24.0 Å². The highest BCUT2D eigenvalue weighted by Crippen LogP contribution is 2.39. The molecule has 0 aromatic heterocycles. The van der Waals surface area contributed by atoms with Crippen molar-refractivity contribution in [2.24, 2.45) is 10.4 Å². The van der Waals surface area contributed by atoms with Gasteiger partial charge in [-0.2, -0.15) is 0 Å². The first-order chi connectivity index (χ1) is 9.94. The Bertz CT molecular complexity index is 478. The van der Waals surface area contributed by atoms with E-state index < -0.39 is 10.0 Å². The first-order valence-corrected chi connectivity index (χ1v) is 9.31. The minimum atomic E-state index is -3.13. The van der Waals surface area contributed by atoms with Gasteiger partial charge in [-0.25, -0.2) is 13.1 Å². The maximum Gasteiger partial charge on any atom is 0.208 e. The Morgan fingerprint density at radius 3 is 2.55 bits per heavy atom. The molecule has 2 saturated heterocycles. The molecule has 2 aliphatic heterocycles. The molecule has 2 fully saturated rings. The number of guanidine groups is 1. The van der Waals surface area contributed by atoms with Crippen LogP contribution in [0, 0.1) is 5.41 Å². The van der Waals surface area contributed by atoms with Gasteiger partial charge in [-0.05, 0) is 24.7 Å².